The monoisotopic (exact) mass is 547 g/mol. The summed E-state index contributed by atoms with van der Waals surface area (Å²) in [6, 6.07) is 16.4. The molecule has 0 saturated carbocycles. The van der Waals surface area contributed by atoms with E-state index in [2.05, 4.69) is 62.0 Å². The van der Waals surface area contributed by atoms with Gasteiger partial charge in [0.25, 0.3) is 0 Å². The van der Waals surface area contributed by atoms with Gasteiger partial charge in [-0.2, -0.15) is 0 Å². The predicted molar refractivity (Wildman–Crippen MR) is 140 cm³/mol. The standard InChI is InChI=1S/C24H29N5O2.HI/c1-25-24(26-12-4-14-29-15-11-18-5-2-3-6-22(18)29)27-13-16-31-20-8-9-21-19(17-20)7-10-23(30)28-21;/h2-3,5-6,8-9,11,15,17H,4,7,10,12-14,16H2,1H3,(H,28,30)(H2,25,26,27);1H. The van der Waals surface area contributed by atoms with Crippen LogP contribution in [0.15, 0.2) is 59.7 Å². The van der Waals surface area contributed by atoms with Crippen molar-refractivity contribution in [3.05, 3.63) is 60.3 Å². The molecule has 3 aromatic rings. The minimum Gasteiger partial charge on any atom is -0.492 e. The number of para-hydroxylation sites is 1. The van der Waals surface area contributed by atoms with Gasteiger partial charge >= 0.3 is 0 Å². The van der Waals surface area contributed by atoms with Crippen molar-refractivity contribution in [1.82, 2.24) is 15.2 Å². The number of nitrogens with one attached hydrogen (secondary N) is 3. The molecule has 4 rings (SSSR count). The number of aromatic nitrogens is 1. The van der Waals surface area contributed by atoms with Gasteiger partial charge in [-0.25, -0.2) is 0 Å². The van der Waals surface area contributed by atoms with Crippen molar-refractivity contribution < 1.29 is 9.53 Å². The number of nitrogens with zero attached hydrogens (tertiary/aromatic N) is 2. The van der Waals surface area contributed by atoms with Gasteiger partial charge in [-0.05, 0) is 54.1 Å². The molecule has 2 heterocycles. The van der Waals surface area contributed by atoms with Crippen LogP contribution in [-0.4, -0.2) is 43.2 Å². The number of aliphatic imine (C=N–C) groups is 1. The fourth-order valence-electron chi connectivity index (χ4n) is 3.80. The lowest BCUT2D eigenvalue weighted by Crippen LogP contribution is -2.39. The van der Waals surface area contributed by atoms with E-state index in [4.69, 9.17) is 4.74 Å². The summed E-state index contributed by atoms with van der Waals surface area (Å²) < 4.78 is 8.13. The summed E-state index contributed by atoms with van der Waals surface area (Å²) in [6.45, 7) is 2.97. The molecule has 1 aliphatic rings. The maximum Gasteiger partial charge on any atom is 0.224 e. The highest BCUT2D eigenvalue weighted by molar-refractivity contribution is 14.0. The van der Waals surface area contributed by atoms with Crippen LogP contribution < -0.4 is 20.7 Å². The number of halogens is 1. The largest absolute Gasteiger partial charge is 0.492 e. The van der Waals surface area contributed by atoms with Crippen LogP contribution in [0.5, 0.6) is 5.75 Å². The molecule has 1 amide bonds. The Balaban J connectivity index is 0.00000289. The van der Waals surface area contributed by atoms with Crippen molar-refractivity contribution in [2.24, 2.45) is 4.99 Å². The molecule has 2 aromatic carbocycles. The van der Waals surface area contributed by atoms with Crippen LogP contribution in [0, 0.1) is 0 Å². The van der Waals surface area contributed by atoms with Crippen molar-refractivity contribution in [3.63, 3.8) is 0 Å². The number of amides is 1. The summed E-state index contributed by atoms with van der Waals surface area (Å²) in [6.07, 6.45) is 4.43. The third kappa shape index (κ3) is 6.15. The SMILES string of the molecule is CN=C(NCCCn1ccc2ccccc21)NCCOc1ccc2c(c1)CCC(=O)N2.I. The van der Waals surface area contributed by atoms with Crippen LogP contribution in [0.25, 0.3) is 10.9 Å². The Morgan fingerprint density at radius 3 is 2.84 bits per heavy atom. The average Bonchev–Trinajstić information content (AvgIpc) is 3.21. The number of carbonyl (C=O) groups excluding carboxylic acids is 1. The lowest BCUT2D eigenvalue weighted by Gasteiger charge is -2.18. The summed E-state index contributed by atoms with van der Waals surface area (Å²) in [5.74, 6) is 1.67. The summed E-state index contributed by atoms with van der Waals surface area (Å²) in [7, 11) is 1.77. The Kier molecular flexibility index (Phi) is 8.78. The van der Waals surface area contributed by atoms with E-state index in [0.717, 1.165) is 48.9 Å². The topological polar surface area (TPSA) is 79.7 Å². The fraction of sp³-hybridized carbons (Fsp3) is 0.333. The molecule has 32 heavy (non-hydrogen) atoms. The van der Waals surface area contributed by atoms with Gasteiger partial charge in [0.15, 0.2) is 5.96 Å². The highest BCUT2D eigenvalue weighted by Crippen LogP contribution is 2.26. The Morgan fingerprint density at radius 1 is 1.12 bits per heavy atom. The summed E-state index contributed by atoms with van der Waals surface area (Å²) in [5.41, 5.74) is 3.28. The Bertz CT molecular complexity index is 1080. The van der Waals surface area contributed by atoms with E-state index in [0.29, 0.717) is 19.6 Å². The number of hydrogen-bond donors (Lipinski definition) is 3. The van der Waals surface area contributed by atoms with Crippen molar-refractivity contribution in [1.29, 1.82) is 0 Å². The average molecular weight is 547 g/mol. The van der Waals surface area contributed by atoms with E-state index in [1.807, 2.05) is 18.2 Å². The lowest BCUT2D eigenvalue weighted by atomic mass is 10.0. The van der Waals surface area contributed by atoms with Gasteiger partial charge in [-0.1, -0.05) is 18.2 Å². The molecule has 3 N–H and O–H groups in total. The molecule has 0 saturated heterocycles. The smallest absolute Gasteiger partial charge is 0.224 e. The van der Waals surface area contributed by atoms with Gasteiger partial charge in [-0.3, -0.25) is 9.79 Å². The minimum atomic E-state index is 0. The van der Waals surface area contributed by atoms with Gasteiger partial charge in [-0.15, -0.1) is 24.0 Å². The van der Waals surface area contributed by atoms with E-state index >= 15 is 0 Å². The molecule has 0 fully saturated rings. The Morgan fingerprint density at radius 2 is 1.97 bits per heavy atom. The maximum absolute atomic E-state index is 11.5. The molecule has 1 aromatic heterocycles. The zero-order valence-corrected chi connectivity index (χ0v) is 20.6. The molecule has 0 atom stereocenters. The Labute approximate surface area is 205 Å². The van der Waals surface area contributed by atoms with Crippen LogP contribution in [0.2, 0.25) is 0 Å². The molecule has 0 spiro atoms. The first kappa shape index (κ1) is 23.9. The molecule has 7 nitrogen and oxygen atoms in total. The number of anilines is 1. The van der Waals surface area contributed by atoms with Crippen molar-refractivity contribution in [2.75, 3.05) is 32.1 Å². The van der Waals surface area contributed by atoms with Gasteiger partial charge in [0.1, 0.15) is 12.4 Å². The summed E-state index contributed by atoms with van der Waals surface area (Å²) >= 11 is 0. The van der Waals surface area contributed by atoms with Crippen LogP contribution in [0.3, 0.4) is 0 Å². The molecule has 1 aliphatic heterocycles. The third-order valence-corrected chi connectivity index (χ3v) is 5.41. The first-order valence-corrected chi connectivity index (χ1v) is 10.8. The number of aryl methyl sites for hydroxylation is 2. The number of rotatable bonds is 8. The molecule has 0 aliphatic carbocycles. The van der Waals surface area contributed by atoms with Crippen LogP contribution in [0.1, 0.15) is 18.4 Å². The second-order valence-electron chi connectivity index (χ2n) is 7.56. The van der Waals surface area contributed by atoms with E-state index < -0.39 is 0 Å². The van der Waals surface area contributed by atoms with E-state index in [1.54, 1.807) is 7.05 Å². The zero-order chi connectivity index (χ0) is 21.5. The quantitative estimate of drug-likeness (QED) is 0.174. The molecule has 0 radical (unpaired) electrons. The maximum atomic E-state index is 11.5. The third-order valence-electron chi connectivity index (χ3n) is 5.41. The van der Waals surface area contributed by atoms with Crippen molar-refractivity contribution in [3.8, 4) is 5.75 Å². The first-order valence-electron chi connectivity index (χ1n) is 10.8. The van der Waals surface area contributed by atoms with E-state index in [9.17, 15) is 4.79 Å². The van der Waals surface area contributed by atoms with Crippen LogP contribution >= 0.6 is 24.0 Å². The number of fused-ring (bicyclic) bond motifs is 2. The van der Waals surface area contributed by atoms with Gasteiger partial charge in [0, 0.05) is 44.0 Å². The molecule has 8 heteroatoms. The molecule has 0 bridgehead atoms. The van der Waals surface area contributed by atoms with Gasteiger partial charge in [0.2, 0.25) is 5.91 Å². The van der Waals surface area contributed by atoms with Gasteiger partial charge < -0.3 is 25.3 Å². The highest BCUT2D eigenvalue weighted by atomic mass is 127. The minimum absolute atomic E-state index is 0. The zero-order valence-electron chi connectivity index (χ0n) is 18.3. The van der Waals surface area contributed by atoms with Gasteiger partial charge in [0.05, 0.1) is 6.54 Å². The Hall–Kier alpha value is -2.75. The summed E-state index contributed by atoms with van der Waals surface area (Å²) in [5, 5.41) is 10.8. The number of guanidine groups is 1. The highest BCUT2D eigenvalue weighted by Gasteiger charge is 2.14. The summed E-state index contributed by atoms with van der Waals surface area (Å²) in [4.78, 5) is 15.7. The molecule has 170 valence electrons. The normalized spacial score (nSPS) is 13.2. The van der Waals surface area contributed by atoms with E-state index in [1.165, 1.54) is 10.9 Å². The first-order chi connectivity index (χ1) is 15.2. The second-order valence-corrected chi connectivity index (χ2v) is 7.56. The molecular weight excluding hydrogens is 517 g/mol. The number of carbonyl (C=O) groups is 1. The molecule has 0 unspecified atom stereocenters. The molecular formula is C24H30IN5O2. The van der Waals surface area contributed by atoms with E-state index in [-0.39, 0.29) is 29.9 Å². The fourth-order valence-corrected chi connectivity index (χ4v) is 3.80. The van der Waals surface area contributed by atoms with Crippen molar-refractivity contribution >= 4 is 52.4 Å². The predicted octanol–water partition coefficient (Wildman–Crippen LogP) is 3.78. The number of ether oxygens (including phenoxy) is 1. The number of benzene rings is 2. The van der Waals surface area contributed by atoms with Crippen LogP contribution in [-0.2, 0) is 17.8 Å². The van der Waals surface area contributed by atoms with Crippen molar-refractivity contribution in [2.45, 2.75) is 25.8 Å². The number of hydrogen-bond acceptors (Lipinski definition) is 3. The lowest BCUT2D eigenvalue weighted by molar-refractivity contribution is -0.116. The van der Waals surface area contributed by atoms with Crippen LogP contribution in [0.4, 0.5) is 5.69 Å². The second kappa shape index (κ2) is 11.8.